The maximum atomic E-state index is 13.0. The van der Waals surface area contributed by atoms with Gasteiger partial charge in [-0.25, -0.2) is 0 Å². The quantitative estimate of drug-likeness (QED) is 0.284. The molecule has 0 unspecified atom stereocenters. The van der Waals surface area contributed by atoms with Crippen molar-refractivity contribution in [2.75, 3.05) is 26.4 Å². The van der Waals surface area contributed by atoms with Crippen LogP contribution in [0.4, 0.5) is 30.7 Å². The molecular weight excluding hydrogens is 369 g/mol. The van der Waals surface area contributed by atoms with Crippen LogP contribution in [0.1, 0.15) is 27.2 Å². The second-order valence-corrected chi connectivity index (χ2v) is 7.26. The second kappa shape index (κ2) is 9.32. The zero-order valence-corrected chi connectivity index (χ0v) is 14.5. The fourth-order valence-corrected chi connectivity index (χ4v) is 4.33. The molecule has 24 heavy (non-hydrogen) atoms. The van der Waals surface area contributed by atoms with E-state index in [1.165, 1.54) is 0 Å². The molecule has 0 aliphatic heterocycles. The van der Waals surface area contributed by atoms with Crippen LogP contribution in [0.5, 0.6) is 0 Å². The third kappa shape index (κ3) is 6.13. The van der Waals surface area contributed by atoms with Gasteiger partial charge in [-0.3, -0.25) is 0 Å². The molecule has 0 saturated carbocycles. The Labute approximate surface area is 136 Å². The molecule has 0 aromatic heterocycles. The van der Waals surface area contributed by atoms with E-state index in [2.05, 4.69) is 4.74 Å². The van der Waals surface area contributed by atoms with Gasteiger partial charge in [0.15, 0.2) is 0 Å². The van der Waals surface area contributed by atoms with Crippen molar-refractivity contribution in [3.8, 4) is 0 Å². The summed E-state index contributed by atoms with van der Waals surface area (Å²) in [6.45, 7) is 4.51. The lowest BCUT2D eigenvalue weighted by atomic mass is 10.3. The van der Waals surface area contributed by atoms with Gasteiger partial charge in [0.25, 0.3) is 0 Å². The van der Waals surface area contributed by atoms with Crippen molar-refractivity contribution in [1.29, 1.82) is 0 Å². The van der Waals surface area contributed by atoms with Gasteiger partial charge in [0.1, 0.15) is 0 Å². The summed E-state index contributed by atoms with van der Waals surface area (Å²) in [5.41, 5.74) is 0. The van der Waals surface area contributed by atoms with E-state index in [1.54, 1.807) is 20.8 Å². The highest BCUT2D eigenvalue weighted by atomic mass is 28.4. The molecule has 0 fully saturated rings. The van der Waals surface area contributed by atoms with Crippen molar-refractivity contribution in [1.82, 2.24) is 0 Å². The number of halogens is 7. The third-order valence-electron chi connectivity index (χ3n) is 2.72. The minimum absolute atomic E-state index is 0.0593. The van der Waals surface area contributed by atoms with E-state index < -0.39 is 33.6 Å². The number of ether oxygens (including phenoxy) is 1. The first kappa shape index (κ1) is 23.6. The lowest BCUT2D eigenvalue weighted by molar-refractivity contribution is -0.423. The number of hydrogen-bond donors (Lipinski definition) is 0. The summed E-state index contributed by atoms with van der Waals surface area (Å²) >= 11 is 0. The number of hydrogen-bond acceptors (Lipinski definition) is 4. The zero-order valence-electron chi connectivity index (χ0n) is 13.5. The van der Waals surface area contributed by atoms with Gasteiger partial charge in [0.2, 0.25) is 0 Å². The Morgan fingerprint density at radius 1 is 0.750 bits per heavy atom. The molecule has 0 heterocycles. The van der Waals surface area contributed by atoms with Crippen molar-refractivity contribution in [3.63, 3.8) is 0 Å². The minimum atomic E-state index is -6.42. The molecule has 12 heteroatoms. The Bertz CT molecular complexity index is 345. The molecule has 0 aliphatic rings. The van der Waals surface area contributed by atoms with Gasteiger partial charge in [-0.2, -0.15) is 30.7 Å². The minimum Gasteiger partial charge on any atom is -0.374 e. The van der Waals surface area contributed by atoms with Crippen LogP contribution in [0.2, 0.25) is 6.04 Å². The SMILES string of the molecule is CCO[Si](CCCOC(F)(F)C(F)(F)C(F)(F)F)(OCC)OCC. The predicted octanol–water partition coefficient (Wildman–Crippen LogP) is 4.23. The Morgan fingerprint density at radius 3 is 1.50 bits per heavy atom. The van der Waals surface area contributed by atoms with E-state index in [1.807, 2.05) is 0 Å². The molecule has 0 radical (unpaired) electrons. The molecule has 0 bridgehead atoms. The highest BCUT2D eigenvalue weighted by Gasteiger charge is 2.74. The Hall–Kier alpha value is -0.433. The van der Waals surface area contributed by atoms with Crippen LogP contribution in [-0.4, -0.2) is 53.4 Å². The van der Waals surface area contributed by atoms with Crippen molar-refractivity contribution >= 4 is 8.80 Å². The van der Waals surface area contributed by atoms with E-state index in [0.29, 0.717) is 0 Å². The van der Waals surface area contributed by atoms with Gasteiger partial charge < -0.3 is 18.0 Å². The fraction of sp³-hybridized carbons (Fsp3) is 1.00. The van der Waals surface area contributed by atoms with E-state index >= 15 is 0 Å². The van der Waals surface area contributed by atoms with Crippen LogP contribution >= 0.6 is 0 Å². The van der Waals surface area contributed by atoms with Crippen LogP contribution in [0, 0.1) is 0 Å². The summed E-state index contributed by atoms with van der Waals surface area (Å²) in [4.78, 5) is 0. The summed E-state index contributed by atoms with van der Waals surface area (Å²) in [6.07, 6.45) is -12.4. The first-order valence-electron chi connectivity index (χ1n) is 7.27. The van der Waals surface area contributed by atoms with Gasteiger partial charge in [-0.1, -0.05) is 0 Å². The van der Waals surface area contributed by atoms with Gasteiger partial charge >= 0.3 is 27.0 Å². The summed E-state index contributed by atoms with van der Waals surface area (Å²) < 4.78 is 107. The summed E-state index contributed by atoms with van der Waals surface area (Å²) in [5, 5.41) is 0. The fourth-order valence-electron chi connectivity index (χ4n) is 1.75. The van der Waals surface area contributed by atoms with Gasteiger partial charge in [0.05, 0.1) is 6.61 Å². The molecule has 4 nitrogen and oxygen atoms in total. The molecule has 0 saturated heterocycles. The highest BCUT2D eigenvalue weighted by molar-refractivity contribution is 6.60. The molecule has 146 valence electrons. The Kier molecular flexibility index (Phi) is 9.15. The van der Waals surface area contributed by atoms with Crippen LogP contribution in [-0.2, 0) is 18.0 Å². The van der Waals surface area contributed by atoms with E-state index in [4.69, 9.17) is 13.3 Å². The second-order valence-electron chi connectivity index (χ2n) is 4.52. The van der Waals surface area contributed by atoms with Crippen LogP contribution < -0.4 is 0 Å². The predicted molar refractivity (Wildman–Crippen MR) is 72.0 cm³/mol. The highest BCUT2D eigenvalue weighted by Crippen LogP contribution is 2.47. The standard InChI is InChI=1S/C12H21F7O4Si/c1-4-21-24(22-5-2,23-6-3)9-7-8-20-12(18,19)10(13,14)11(15,16)17/h4-9H2,1-3H3. The molecule has 0 rings (SSSR count). The van der Waals surface area contributed by atoms with Gasteiger partial charge in [0, 0.05) is 25.9 Å². The topological polar surface area (TPSA) is 36.9 Å². The van der Waals surface area contributed by atoms with E-state index in [-0.39, 0.29) is 32.3 Å². The first-order valence-corrected chi connectivity index (χ1v) is 9.20. The monoisotopic (exact) mass is 390 g/mol. The van der Waals surface area contributed by atoms with Crippen molar-refractivity contribution in [3.05, 3.63) is 0 Å². The summed E-state index contributed by atoms with van der Waals surface area (Å²) in [5.74, 6) is -6.28. The van der Waals surface area contributed by atoms with Crippen LogP contribution in [0.15, 0.2) is 0 Å². The first-order chi connectivity index (χ1) is 10.9. The Balaban J connectivity index is 4.72. The largest absolute Gasteiger partial charge is 0.501 e. The molecule has 0 aliphatic carbocycles. The average Bonchev–Trinajstić information content (AvgIpc) is 2.43. The molecule has 0 atom stereocenters. The summed E-state index contributed by atoms with van der Waals surface area (Å²) in [6, 6.07) is -0.0593. The maximum absolute atomic E-state index is 13.0. The van der Waals surface area contributed by atoms with Crippen molar-refractivity contribution < 1.29 is 48.7 Å². The van der Waals surface area contributed by atoms with Crippen molar-refractivity contribution in [2.24, 2.45) is 0 Å². The van der Waals surface area contributed by atoms with E-state index in [9.17, 15) is 30.7 Å². The lowest BCUT2D eigenvalue weighted by Gasteiger charge is -2.30. The number of rotatable bonds is 12. The normalized spacial score (nSPS) is 14.2. The molecule has 0 amide bonds. The number of alkyl halides is 7. The molecule has 0 aromatic carbocycles. The molecule has 0 aromatic rings. The van der Waals surface area contributed by atoms with Gasteiger partial charge in [-0.05, 0) is 27.2 Å². The van der Waals surface area contributed by atoms with Crippen molar-refractivity contribution in [2.45, 2.75) is 51.4 Å². The molecular formula is C12H21F7O4Si. The van der Waals surface area contributed by atoms with Crippen LogP contribution in [0.3, 0.4) is 0 Å². The molecule has 0 N–H and O–H groups in total. The average molecular weight is 390 g/mol. The molecule has 0 spiro atoms. The Morgan fingerprint density at radius 2 is 1.17 bits per heavy atom. The summed E-state index contributed by atoms with van der Waals surface area (Å²) in [7, 11) is -3.21. The third-order valence-corrected chi connectivity index (χ3v) is 5.88. The van der Waals surface area contributed by atoms with E-state index in [0.717, 1.165) is 0 Å². The van der Waals surface area contributed by atoms with Crippen LogP contribution in [0.25, 0.3) is 0 Å². The zero-order chi connectivity index (χ0) is 19.1. The van der Waals surface area contributed by atoms with Gasteiger partial charge in [-0.15, -0.1) is 0 Å². The maximum Gasteiger partial charge on any atom is 0.501 e. The lowest BCUT2D eigenvalue weighted by Crippen LogP contribution is -2.53. The smallest absolute Gasteiger partial charge is 0.374 e.